The zero-order valence-corrected chi connectivity index (χ0v) is 14.4. The second-order valence-electron chi connectivity index (χ2n) is 6.57. The first kappa shape index (κ1) is 15.6. The number of fused-ring (bicyclic) bond motifs is 1. The van der Waals surface area contributed by atoms with Crippen LogP contribution in [-0.2, 0) is 4.79 Å². The van der Waals surface area contributed by atoms with Crippen LogP contribution in [0.3, 0.4) is 0 Å². The first-order chi connectivity index (χ1) is 13.3. The molecule has 0 atom stereocenters. The molecule has 1 aliphatic rings. The van der Waals surface area contributed by atoms with Gasteiger partial charge in [0.1, 0.15) is 5.69 Å². The van der Waals surface area contributed by atoms with Crippen LogP contribution < -0.4 is 5.32 Å². The number of carbonyl (C=O) groups excluding carboxylic acids is 1. The highest BCUT2D eigenvalue weighted by Crippen LogP contribution is 2.30. The zero-order valence-electron chi connectivity index (χ0n) is 14.4. The Labute approximate surface area is 155 Å². The van der Waals surface area contributed by atoms with Gasteiger partial charge >= 0.3 is 0 Å². The SMILES string of the molecule is O=C(Nc1ccc(-c2ccc3nnc(-c4ccccn4)n3n2)cc1)C1CC1. The van der Waals surface area contributed by atoms with Crippen LogP contribution in [0.15, 0.2) is 60.8 Å². The minimum absolute atomic E-state index is 0.104. The average molecular weight is 356 g/mol. The Kier molecular flexibility index (Phi) is 3.64. The Bertz CT molecular complexity index is 1120. The molecule has 0 aliphatic heterocycles. The largest absolute Gasteiger partial charge is 0.326 e. The maximum absolute atomic E-state index is 11.9. The molecule has 4 aromatic rings. The minimum atomic E-state index is 0.104. The lowest BCUT2D eigenvalue weighted by Gasteiger charge is -2.06. The summed E-state index contributed by atoms with van der Waals surface area (Å²) in [6, 6.07) is 17.1. The van der Waals surface area contributed by atoms with Gasteiger partial charge in [-0.2, -0.15) is 9.61 Å². The van der Waals surface area contributed by atoms with Crippen molar-refractivity contribution in [3.63, 3.8) is 0 Å². The Balaban J connectivity index is 1.47. The molecule has 0 spiro atoms. The Morgan fingerprint density at radius 2 is 1.81 bits per heavy atom. The van der Waals surface area contributed by atoms with Crippen molar-refractivity contribution >= 4 is 17.2 Å². The third-order valence-corrected chi connectivity index (χ3v) is 4.55. The molecule has 0 radical (unpaired) electrons. The molecule has 1 amide bonds. The van der Waals surface area contributed by atoms with Crippen molar-refractivity contribution in [2.75, 3.05) is 5.32 Å². The maximum Gasteiger partial charge on any atom is 0.227 e. The van der Waals surface area contributed by atoms with Gasteiger partial charge in [0.25, 0.3) is 0 Å². The maximum atomic E-state index is 11.9. The second kappa shape index (κ2) is 6.28. The molecule has 5 rings (SSSR count). The van der Waals surface area contributed by atoms with E-state index in [0.29, 0.717) is 17.2 Å². The van der Waals surface area contributed by atoms with E-state index < -0.39 is 0 Å². The molecule has 1 fully saturated rings. The summed E-state index contributed by atoms with van der Waals surface area (Å²) in [5.41, 5.74) is 3.91. The van der Waals surface area contributed by atoms with E-state index >= 15 is 0 Å². The molecule has 0 saturated heterocycles. The molecular weight excluding hydrogens is 340 g/mol. The number of carbonyl (C=O) groups is 1. The average Bonchev–Trinajstić information content (AvgIpc) is 3.49. The summed E-state index contributed by atoms with van der Waals surface area (Å²) in [4.78, 5) is 16.2. The van der Waals surface area contributed by atoms with E-state index in [1.807, 2.05) is 54.6 Å². The van der Waals surface area contributed by atoms with E-state index in [2.05, 4.69) is 25.6 Å². The molecule has 0 bridgehead atoms. The van der Waals surface area contributed by atoms with Gasteiger partial charge in [-0.3, -0.25) is 9.78 Å². The van der Waals surface area contributed by atoms with Crippen LogP contribution in [-0.4, -0.2) is 30.7 Å². The lowest BCUT2D eigenvalue weighted by molar-refractivity contribution is -0.117. The number of benzene rings is 1. The molecule has 132 valence electrons. The first-order valence-corrected chi connectivity index (χ1v) is 8.83. The molecule has 1 aliphatic carbocycles. The topological polar surface area (TPSA) is 85.1 Å². The molecule has 7 heteroatoms. The van der Waals surface area contributed by atoms with Crippen LogP contribution in [0.5, 0.6) is 0 Å². The van der Waals surface area contributed by atoms with Gasteiger partial charge < -0.3 is 5.32 Å². The van der Waals surface area contributed by atoms with Gasteiger partial charge in [0.2, 0.25) is 11.7 Å². The number of amides is 1. The third-order valence-electron chi connectivity index (χ3n) is 4.55. The van der Waals surface area contributed by atoms with Crippen molar-refractivity contribution in [1.82, 2.24) is 24.8 Å². The van der Waals surface area contributed by atoms with Gasteiger partial charge in [-0.05, 0) is 49.2 Å². The van der Waals surface area contributed by atoms with Crippen LogP contribution in [0.2, 0.25) is 0 Å². The Hall–Kier alpha value is -3.61. The quantitative estimate of drug-likeness (QED) is 0.607. The van der Waals surface area contributed by atoms with Crippen LogP contribution in [0.4, 0.5) is 5.69 Å². The van der Waals surface area contributed by atoms with E-state index in [0.717, 1.165) is 29.8 Å². The lowest BCUT2D eigenvalue weighted by Crippen LogP contribution is -2.13. The molecule has 7 nitrogen and oxygen atoms in total. The van der Waals surface area contributed by atoms with Gasteiger partial charge in [0.05, 0.1) is 5.69 Å². The smallest absolute Gasteiger partial charge is 0.227 e. The fourth-order valence-corrected chi connectivity index (χ4v) is 2.91. The van der Waals surface area contributed by atoms with Crippen molar-refractivity contribution in [2.45, 2.75) is 12.8 Å². The highest BCUT2D eigenvalue weighted by atomic mass is 16.2. The van der Waals surface area contributed by atoms with Crippen LogP contribution in [0.25, 0.3) is 28.4 Å². The summed E-state index contributed by atoms with van der Waals surface area (Å²) >= 11 is 0. The summed E-state index contributed by atoms with van der Waals surface area (Å²) in [7, 11) is 0. The molecule has 1 N–H and O–H groups in total. The van der Waals surface area contributed by atoms with Gasteiger partial charge in [-0.1, -0.05) is 18.2 Å². The van der Waals surface area contributed by atoms with Gasteiger partial charge in [-0.15, -0.1) is 10.2 Å². The second-order valence-corrected chi connectivity index (χ2v) is 6.57. The zero-order chi connectivity index (χ0) is 18.2. The predicted octanol–water partition coefficient (Wildman–Crippen LogP) is 3.20. The molecular formula is C20H16N6O. The van der Waals surface area contributed by atoms with E-state index in [1.54, 1.807) is 10.7 Å². The number of nitrogens with zero attached hydrogens (tertiary/aromatic N) is 5. The van der Waals surface area contributed by atoms with Crippen molar-refractivity contribution in [3.8, 4) is 22.8 Å². The summed E-state index contributed by atoms with van der Waals surface area (Å²) in [5, 5.41) is 16.0. The van der Waals surface area contributed by atoms with Gasteiger partial charge in [-0.25, -0.2) is 0 Å². The molecule has 3 heterocycles. The molecule has 1 aromatic carbocycles. The monoisotopic (exact) mass is 356 g/mol. The van der Waals surface area contributed by atoms with E-state index in [-0.39, 0.29) is 11.8 Å². The fourth-order valence-electron chi connectivity index (χ4n) is 2.91. The third kappa shape index (κ3) is 3.03. The Morgan fingerprint density at radius 1 is 0.963 bits per heavy atom. The summed E-state index contributed by atoms with van der Waals surface area (Å²) in [6.45, 7) is 0. The predicted molar refractivity (Wildman–Crippen MR) is 101 cm³/mol. The van der Waals surface area contributed by atoms with Gasteiger partial charge in [0.15, 0.2) is 5.65 Å². The number of anilines is 1. The van der Waals surface area contributed by atoms with Gasteiger partial charge in [0, 0.05) is 23.4 Å². The standard InChI is InChI=1S/C20H16N6O/c27-20(14-4-5-14)22-15-8-6-13(7-9-15)16-10-11-18-23-24-19(26(18)25-16)17-3-1-2-12-21-17/h1-3,6-12,14H,4-5H2,(H,22,27). The van der Waals surface area contributed by atoms with E-state index in [9.17, 15) is 4.79 Å². The number of hydrogen-bond donors (Lipinski definition) is 1. The number of pyridine rings is 1. The normalized spacial score (nSPS) is 13.6. The Morgan fingerprint density at radius 3 is 2.56 bits per heavy atom. The van der Waals surface area contributed by atoms with E-state index in [4.69, 9.17) is 0 Å². The highest BCUT2D eigenvalue weighted by molar-refractivity contribution is 5.94. The van der Waals surface area contributed by atoms with Crippen molar-refractivity contribution in [2.24, 2.45) is 5.92 Å². The summed E-state index contributed by atoms with van der Waals surface area (Å²) in [5.74, 6) is 0.889. The van der Waals surface area contributed by atoms with Crippen LogP contribution >= 0.6 is 0 Å². The number of nitrogens with one attached hydrogen (secondary N) is 1. The van der Waals surface area contributed by atoms with Crippen molar-refractivity contribution in [3.05, 3.63) is 60.8 Å². The number of aromatic nitrogens is 5. The minimum Gasteiger partial charge on any atom is -0.326 e. The molecule has 1 saturated carbocycles. The van der Waals surface area contributed by atoms with Crippen molar-refractivity contribution < 1.29 is 4.79 Å². The number of rotatable bonds is 4. The summed E-state index contributed by atoms with van der Waals surface area (Å²) in [6.07, 6.45) is 3.70. The molecule has 0 unspecified atom stereocenters. The number of hydrogen-bond acceptors (Lipinski definition) is 5. The van der Waals surface area contributed by atoms with Crippen LogP contribution in [0, 0.1) is 5.92 Å². The molecule has 3 aromatic heterocycles. The first-order valence-electron chi connectivity index (χ1n) is 8.83. The summed E-state index contributed by atoms with van der Waals surface area (Å²) < 4.78 is 1.69. The molecule has 27 heavy (non-hydrogen) atoms. The van der Waals surface area contributed by atoms with Crippen molar-refractivity contribution in [1.29, 1.82) is 0 Å². The van der Waals surface area contributed by atoms with Crippen LogP contribution in [0.1, 0.15) is 12.8 Å². The van der Waals surface area contributed by atoms with E-state index in [1.165, 1.54) is 0 Å². The fraction of sp³-hybridized carbons (Fsp3) is 0.150. The lowest BCUT2D eigenvalue weighted by atomic mass is 10.1. The highest BCUT2D eigenvalue weighted by Gasteiger charge is 2.29.